The molecule has 0 amide bonds. The standard InChI is InChI=1S/C57H37N5S/c1-3-14-36(15-4-1)38-27-30-51-47(33-38)43-20-7-10-23-49(43)61(51)42-19-13-18-40(32-42)55-58-56(41-26-29-46-45-22-9-12-25-53(45)63-54(46)35-41)60-57(59-55)62-50-24-11-8-21-44(50)48-34-39(28-31-52(48)62)37-16-5-2-6-17-37/h1-33,35,39H,34H2. The van der Waals surface area contributed by atoms with Crippen molar-refractivity contribution in [3.8, 4) is 45.5 Å². The van der Waals surface area contributed by atoms with E-state index in [0.717, 1.165) is 45.5 Å². The van der Waals surface area contributed by atoms with Gasteiger partial charge in [-0.05, 0) is 83.3 Å². The first kappa shape index (κ1) is 35.8. The zero-order valence-electron chi connectivity index (χ0n) is 34.1. The summed E-state index contributed by atoms with van der Waals surface area (Å²) in [5.74, 6) is 2.14. The lowest BCUT2D eigenvalue weighted by atomic mass is 9.87. The molecule has 0 bridgehead atoms. The van der Waals surface area contributed by atoms with Crippen LogP contribution in [0.2, 0.25) is 0 Å². The molecule has 5 nitrogen and oxygen atoms in total. The normalized spacial score (nSPS) is 13.7. The molecule has 4 heterocycles. The van der Waals surface area contributed by atoms with E-state index in [1.807, 2.05) is 0 Å². The molecule has 0 aliphatic heterocycles. The van der Waals surface area contributed by atoms with Crippen LogP contribution < -0.4 is 0 Å². The third-order valence-electron chi connectivity index (χ3n) is 12.8. The van der Waals surface area contributed by atoms with Crippen LogP contribution in [0.1, 0.15) is 22.7 Å². The third kappa shape index (κ3) is 5.87. The Morgan fingerprint density at radius 2 is 1.06 bits per heavy atom. The van der Waals surface area contributed by atoms with Gasteiger partial charge in [-0.2, -0.15) is 9.97 Å². The van der Waals surface area contributed by atoms with Crippen molar-refractivity contribution in [2.75, 3.05) is 0 Å². The van der Waals surface area contributed by atoms with Gasteiger partial charge in [0.15, 0.2) is 11.6 Å². The predicted molar refractivity (Wildman–Crippen MR) is 262 cm³/mol. The lowest BCUT2D eigenvalue weighted by molar-refractivity contribution is 0.818. The largest absolute Gasteiger partial charge is 0.309 e. The molecule has 1 atom stereocenters. The highest BCUT2D eigenvalue weighted by Gasteiger charge is 2.26. The van der Waals surface area contributed by atoms with Crippen LogP contribution in [0.25, 0.3) is 104 Å². The Morgan fingerprint density at radius 3 is 1.89 bits per heavy atom. The number of fused-ring (bicyclic) bond motifs is 9. The predicted octanol–water partition coefficient (Wildman–Crippen LogP) is 14.6. The van der Waals surface area contributed by atoms with Crippen LogP contribution in [-0.2, 0) is 6.42 Å². The van der Waals surface area contributed by atoms with E-state index in [2.05, 4.69) is 215 Å². The lowest BCUT2D eigenvalue weighted by Crippen LogP contribution is -2.10. The van der Waals surface area contributed by atoms with Crippen molar-refractivity contribution in [1.82, 2.24) is 24.1 Å². The minimum absolute atomic E-state index is 0.281. The Balaban J connectivity index is 1.01. The van der Waals surface area contributed by atoms with Crippen LogP contribution in [-0.4, -0.2) is 24.1 Å². The number of nitrogens with zero attached hydrogens (tertiary/aromatic N) is 5. The maximum atomic E-state index is 5.40. The zero-order chi connectivity index (χ0) is 41.4. The number of hydrogen-bond donors (Lipinski definition) is 0. The highest BCUT2D eigenvalue weighted by atomic mass is 32.1. The maximum absolute atomic E-state index is 5.40. The van der Waals surface area contributed by atoms with Crippen LogP contribution in [0.3, 0.4) is 0 Å². The molecular weight excluding hydrogens is 787 g/mol. The smallest absolute Gasteiger partial charge is 0.238 e. The molecule has 0 radical (unpaired) electrons. The summed E-state index contributed by atoms with van der Waals surface area (Å²) in [4.78, 5) is 16.1. The average molecular weight is 824 g/mol. The minimum atomic E-state index is 0.281. The summed E-state index contributed by atoms with van der Waals surface area (Å²) in [6.45, 7) is 0. The fraction of sp³-hybridized carbons (Fsp3) is 0.0351. The number of allylic oxidation sites excluding steroid dienone is 1. The second-order valence-electron chi connectivity index (χ2n) is 16.4. The molecule has 4 aromatic heterocycles. The number of para-hydroxylation sites is 2. The summed E-state index contributed by atoms with van der Waals surface area (Å²) in [5, 5.41) is 6.16. The quantitative estimate of drug-likeness (QED) is 0.168. The van der Waals surface area contributed by atoms with Gasteiger partial charge in [0.05, 0.1) is 22.2 Å². The maximum Gasteiger partial charge on any atom is 0.238 e. The van der Waals surface area contributed by atoms with Gasteiger partial charge in [0, 0.05) is 59.1 Å². The van der Waals surface area contributed by atoms with E-state index in [-0.39, 0.29) is 5.92 Å². The van der Waals surface area contributed by atoms with Crippen molar-refractivity contribution in [3.05, 3.63) is 217 Å². The molecule has 0 saturated carbocycles. The van der Waals surface area contributed by atoms with E-state index in [9.17, 15) is 0 Å². The van der Waals surface area contributed by atoms with Gasteiger partial charge in [-0.25, -0.2) is 4.98 Å². The highest BCUT2D eigenvalue weighted by molar-refractivity contribution is 7.25. The number of hydrogen-bond acceptors (Lipinski definition) is 4. The summed E-state index contributed by atoms with van der Waals surface area (Å²) < 4.78 is 7.09. The van der Waals surface area contributed by atoms with Crippen molar-refractivity contribution in [2.24, 2.45) is 0 Å². The summed E-state index contributed by atoms with van der Waals surface area (Å²) in [5.41, 5.74) is 12.4. The first-order chi connectivity index (χ1) is 31.2. The molecule has 0 spiro atoms. The van der Waals surface area contributed by atoms with Crippen LogP contribution in [0, 0.1) is 0 Å². The van der Waals surface area contributed by atoms with E-state index in [1.54, 1.807) is 11.3 Å². The van der Waals surface area contributed by atoms with E-state index < -0.39 is 0 Å². The molecule has 1 aliphatic carbocycles. The van der Waals surface area contributed by atoms with Gasteiger partial charge in [-0.3, -0.25) is 4.57 Å². The van der Waals surface area contributed by atoms with E-state index in [0.29, 0.717) is 17.6 Å². The van der Waals surface area contributed by atoms with Gasteiger partial charge < -0.3 is 4.57 Å². The second kappa shape index (κ2) is 14.3. The minimum Gasteiger partial charge on any atom is -0.309 e. The number of aromatic nitrogens is 5. The molecule has 1 aliphatic rings. The van der Waals surface area contributed by atoms with Gasteiger partial charge in [0.2, 0.25) is 5.95 Å². The second-order valence-corrected chi connectivity index (χ2v) is 17.5. The number of rotatable bonds is 6. The van der Waals surface area contributed by atoms with Crippen molar-refractivity contribution in [1.29, 1.82) is 0 Å². The first-order valence-corrected chi connectivity index (χ1v) is 22.3. The Labute approximate surface area is 367 Å². The van der Waals surface area contributed by atoms with Gasteiger partial charge in [-0.15, -0.1) is 11.3 Å². The SMILES string of the molecule is C1=CC(c2ccccc2)Cc2c1n(-c1nc(-c3cccc(-n4c5ccccc5c5cc(-c6ccccc6)ccc54)c3)nc(-c3ccc4c(c3)sc3ccccc34)n1)c1ccccc21. The Bertz CT molecular complexity index is 3780. The van der Waals surface area contributed by atoms with Gasteiger partial charge in [0.25, 0.3) is 0 Å². The van der Waals surface area contributed by atoms with Gasteiger partial charge in [-0.1, -0.05) is 152 Å². The molecule has 13 rings (SSSR count). The van der Waals surface area contributed by atoms with Crippen molar-refractivity contribution >= 4 is 70.3 Å². The zero-order valence-corrected chi connectivity index (χ0v) is 34.9. The molecule has 6 heteroatoms. The summed E-state index contributed by atoms with van der Waals surface area (Å²) >= 11 is 1.81. The molecule has 63 heavy (non-hydrogen) atoms. The molecule has 0 saturated heterocycles. The van der Waals surface area contributed by atoms with Crippen LogP contribution in [0.4, 0.5) is 0 Å². The van der Waals surface area contributed by atoms with Crippen molar-refractivity contribution in [3.63, 3.8) is 0 Å². The first-order valence-electron chi connectivity index (χ1n) is 21.4. The van der Waals surface area contributed by atoms with Crippen molar-refractivity contribution < 1.29 is 0 Å². The van der Waals surface area contributed by atoms with Crippen molar-refractivity contribution in [2.45, 2.75) is 12.3 Å². The Hall–Kier alpha value is -7.93. The van der Waals surface area contributed by atoms with Crippen LogP contribution in [0.15, 0.2) is 200 Å². The summed E-state index contributed by atoms with van der Waals surface area (Å²) in [7, 11) is 0. The number of thiophene rings is 1. The molecule has 8 aromatic carbocycles. The van der Waals surface area contributed by atoms with Gasteiger partial charge in [0.1, 0.15) is 0 Å². The van der Waals surface area contributed by atoms with E-state index >= 15 is 0 Å². The molecule has 12 aromatic rings. The monoisotopic (exact) mass is 823 g/mol. The Morgan fingerprint density at radius 1 is 0.429 bits per heavy atom. The topological polar surface area (TPSA) is 48.5 Å². The fourth-order valence-corrected chi connectivity index (χ4v) is 10.9. The lowest BCUT2D eigenvalue weighted by Gasteiger charge is -2.19. The third-order valence-corrected chi connectivity index (χ3v) is 13.9. The molecule has 0 fully saturated rings. The summed E-state index contributed by atoms with van der Waals surface area (Å²) in [6, 6.07) is 69.5. The fourth-order valence-electron chi connectivity index (χ4n) is 9.79. The molecular formula is C57H37N5S. The molecule has 1 unspecified atom stereocenters. The van der Waals surface area contributed by atoms with E-state index in [4.69, 9.17) is 15.0 Å². The summed E-state index contributed by atoms with van der Waals surface area (Å²) in [6.07, 6.45) is 5.50. The van der Waals surface area contributed by atoms with Crippen LogP contribution >= 0.6 is 11.3 Å². The highest BCUT2D eigenvalue weighted by Crippen LogP contribution is 2.41. The number of benzene rings is 8. The average Bonchev–Trinajstić information content (AvgIpc) is 4.01. The Kier molecular flexibility index (Phi) is 8.14. The van der Waals surface area contributed by atoms with Crippen LogP contribution in [0.5, 0.6) is 0 Å². The molecule has 296 valence electrons. The van der Waals surface area contributed by atoms with Gasteiger partial charge >= 0.3 is 0 Å². The van der Waals surface area contributed by atoms with E-state index in [1.165, 1.54) is 58.6 Å². The molecule has 0 N–H and O–H groups in total.